The maximum absolute atomic E-state index is 12.5. The van der Waals surface area contributed by atoms with Gasteiger partial charge < -0.3 is 19.5 Å². The highest BCUT2D eigenvalue weighted by molar-refractivity contribution is 5.92. The predicted molar refractivity (Wildman–Crippen MR) is 114 cm³/mol. The third-order valence-electron chi connectivity index (χ3n) is 4.08. The van der Waals surface area contributed by atoms with Crippen LogP contribution < -0.4 is 19.5 Å². The molecule has 1 amide bonds. The largest absolute Gasteiger partial charge is 0.490 e. The minimum absolute atomic E-state index is 0.112. The summed E-state index contributed by atoms with van der Waals surface area (Å²) in [6.07, 6.45) is 0.368. The summed E-state index contributed by atoms with van der Waals surface area (Å²) in [6.45, 7) is 2.49. The zero-order valence-electron chi connectivity index (χ0n) is 16.7. The molecule has 0 heterocycles. The van der Waals surface area contributed by atoms with Crippen molar-refractivity contribution in [3.05, 3.63) is 84.4 Å². The molecule has 0 saturated carbocycles. The van der Waals surface area contributed by atoms with Crippen molar-refractivity contribution < 1.29 is 23.8 Å². The number of esters is 1. The van der Waals surface area contributed by atoms with E-state index in [-0.39, 0.29) is 5.91 Å². The number of benzene rings is 3. The van der Waals surface area contributed by atoms with Crippen LogP contribution in [0.1, 0.15) is 23.7 Å². The minimum atomic E-state index is -0.514. The summed E-state index contributed by atoms with van der Waals surface area (Å²) < 4.78 is 16.7. The van der Waals surface area contributed by atoms with E-state index in [1.165, 1.54) is 0 Å². The van der Waals surface area contributed by atoms with Gasteiger partial charge in [0.05, 0.1) is 5.56 Å². The Morgan fingerprint density at radius 2 is 1.43 bits per heavy atom. The molecule has 0 bridgehead atoms. The lowest BCUT2D eigenvalue weighted by atomic mass is 10.2. The number of hydrogen-bond acceptors (Lipinski definition) is 5. The van der Waals surface area contributed by atoms with Crippen LogP contribution in [0.15, 0.2) is 78.9 Å². The van der Waals surface area contributed by atoms with Crippen LogP contribution >= 0.6 is 0 Å². The van der Waals surface area contributed by atoms with Crippen LogP contribution in [0, 0.1) is 0 Å². The summed E-state index contributed by atoms with van der Waals surface area (Å²) in [6, 6.07) is 22.9. The fourth-order valence-corrected chi connectivity index (χ4v) is 2.60. The molecule has 0 aliphatic rings. The minimum Gasteiger partial charge on any atom is -0.490 e. The average molecular weight is 405 g/mol. The van der Waals surface area contributed by atoms with Gasteiger partial charge in [0, 0.05) is 18.2 Å². The molecule has 0 aliphatic carbocycles. The van der Waals surface area contributed by atoms with E-state index in [1.807, 2.05) is 30.3 Å². The van der Waals surface area contributed by atoms with Gasteiger partial charge in [-0.3, -0.25) is 4.79 Å². The molecule has 0 aromatic heterocycles. The Labute approximate surface area is 175 Å². The number of ether oxygens (including phenoxy) is 3. The molecule has 6 nitrogen and oxygen atoms in total. The van der Waals surface area contributed by atoms with Crippen LogP contribution in [0.25, 0.3) is 0 Å². The lowest BCUT2D eigenvalue weighted by molar-refractivity contribution is -0.115. The summed E-state index contributed by atoms with van der Waals surface area (Å²) in [5.74, 6) is 1.04. The van der Waals surface area contributed by atoms with Crippen LogP contribution in [-0.4, -0.2) is 25.1 Å². The lowest BCUT2D eigenvalue weighted by Gasteiger charge is -2.10. The van der Waals surface area contributed by atoms with Crippen molar-refractivity contribution in [2.24, 2.45) is 0 Å². The highest BCUT2D eigenvalue weighted by Gasteiger charge is 2.11. The molecule has 0 radical (unpaired) electrons. The van der Waals surface area contributed by atoms with E-state index in [4.69, 9.17) is 14.2 Å². The van der Waals surface area contributed by atoms with Gasteiger partial charge in [-0.1, -0.05) is 37.3 Å². The van der Waals surface area contributed by atoms with E-state index in [9.17, 15) is 9.59 Å². The maximum atomic E-state index is 12.5. The third kappa shape index (κ3) is 6.38. The predicted octanol–water partition coefficient (Wildman–Crippen LogP) is 4.71. The van der Waals surface area contributed by atoms with Gasteiger partial charge in [0.15, 0.2) is 0 Å². The molecule has 30 heavy (non-hydrogen) atoms. The zero-order chi connectivity index (χ0) is 21.2. The topological polar surface area (TPSA) is 73.9 Å². The van der Waals surface area contributed by atoms with Crippen LogP contribution in [0.3, 0.4) is 0 Å². The second-order valence-corrected chi connectivity index (χ2v) is 6.36. The maximum Gasteiger partial charge on any atom is 0.343 e. The number of anilines is 1. The van der Waals surface area contributed by atoms with E-state index in [0.29, 0.717) is 42.4 Å². The zero-order valence-corrected chi connectivity index (χ0v) is 16.7. The van der Waals surface area contributed by atoms with Gasteiger partial charge in [0.1, 0.15) is 30.5 Å². The second kappa shape index (κ2) is 10.7. The molecule has 3 aromatic carbocycles. The van der Waals surface area contributed by atoms with E-state index in [1.54, 1.807) is 55.5 Å². The van der Waals surface area contributed by atoms with Crippen molar-refractivity contribution >= 4 is 17.6 Å². The molecule has 0 fully saturated rings. The van der Waals surface area contributed by atoms with Crippen molar-refractivity contribution in [3.8, 4) is 17.2 Å². The Balaban J connectivity index is 1.54. The standard InChI is InChI=1S/C24H23NO5/c1-2-23(26)25-19-9-7-13-22(17-19)30-24(27)18-8-6-12-21(16-18)29-15-14-28-20-10-4-3-5-11-20/h3-13,16-17H,2,14-15H2,1H3,(H,25,26). The third-order valence-corrected chi connectivity index (χ3v) is 4.08. The van der Waals surface area contributed by atoms with E-state index >= 15 is 0 Å². The van der Waals surface area contributed by atoms with E-state index in [2.05, 4.69) is 5.32 Å². The first kappa shape index (κ1) is 20.9. The van der Waals surface area contributed by atoms with Crippen LogP contribution in [-0.2, 0) is 4.79 Å². The molecule has 0 spiro atoms. The number of carbonyl (C=O) groups is 2. The summed E-state index contributed by atoms with van der Waals surface area (Å²) in [7, 11) is 0. The SMILES string of the molecule is CCC(=O)Nc1cccc(OC(=O)c2cccc(OCCOc3ccccc3)c2)c1. The molecule has 0 saturated heterocycles. The number of amides is 1. The van der Waals surface area contributed by atoms with E-state index < -0.39 is 5.97 Å². The summed E-state index contributed by atoms with van der Waals surface area (Å²) >= 11 is 0. The van der Waals surface area contributed by atoms with Crippen LogP contribution in [0.5, 0.6) is 17.2 Å². The molecule has 1 N–H and O–H groups in total. The number of rotatable bonds is 9. The Kier molecular flexibility index (Phi) is 7.44. The summed E-state index contributed by atoms with van der Waals surface area (Å²) in [4.78, 5) is 24.0. The van der Waals surface area contributed by atoms with Crippen molar-refractivity contribution in [2.75, 3.05) is 18.5 Å². The molecule has 0 aliphatic heterocycles. The highest BCUT2D eigenvalue weighted by atomic mass is 16.5. The van der Waals surface area contributed by atoms with Crippen LogP contribution in [0.4, 0.5) is 5.69 Å². The van der Waals surface area contributed by atoms with Gasteiger partial charge in [-0.2, -0.15) is 0 Å². The first-order valence-corrected chi connectivity index (χ1v) is 9.67. The quantitative estimate of drug-likeness (QED) is 0.317. The van der Waals surface area contributed by atoms with Gasteiger partial charge in [0.2, 0.25) is 5.91 Å². The van der Waals surface area contributed by atoms with Crippen molar-refractivity contribution in [1.82, 2.24) is 0 Å². The number of para-hydroxylation sites is 1. The van der Waals surface area contributed by atoms with Gasteiger partial charge in [-0.05, 0) is 42.5 Å². The van der Waals surface area contributed by atoms with Gasteiger partial charge in [-0.15, -0.1) is 0 Å². The Bertz CT molecular complexity index is 988. The monoisotopic (exact) mass is 405 g/mol. The molecule has 6 heteroatoms. The Hall–Kier alpha value is -3.80. The molecular formula is C24H23NO5. The normalized spacial score (nSPS) is 10.2. The van der Waals surface area contributed by atoms with Gasteiger partial charge >= 0.3 is 5.97 Å². The Morgan fingerprint density at radius 3 is 2.20 bits per heavy atom. The number of hydrogen-bond donors (Lipinski definition) is 1. The first-order valence-electron chi connectivity index (χ1n) is 9.67. The molecule has 0 atom stereocenters. The first-order chi connectivity index (χ1) is 14.6. The second-order valence-electron chi connectivity index (χ2n) is 6.36. The smallest absolute Gasteiger partial charge is 0.343 e. The molecule has 0 unspecified atom stereocenters. The highest BCUT2D eigenvalue weighted by Crippen LogP contribution is 2.20. The number of nitrogens with one attached hydrogen (secondary N) is 1. The number of carbonyl (C=O) groups excluding carboxylic acids is 2. The van der Waals surface area contributed by atoms with Gasteiger partial charge in [0.25, 0.3) is 0 Å². The summed E-state index contributed by atoms with van der Waals surface area (Å²) in [5.41, 5.74) is 0.933. The fraction of sp³-hybridized carbons (Fsp3) is 0.167. The molecule has 154 valence electrons. The summed E-state index contributed by atoms with van der Waals surface area (Å²) in [5, 5.41) is 2.73. The lowest BCUT2D eigenvalue weighted by Crippen LogP contribution is -2.12. The fourth-order valence-electron chi connectivity index (χ4n) is 2.60. The average Bonchev–Trinajstić information content (AvgIpc) is 2.78. The van der Waals surface area contributed by atoms with Gasteiger partial charge in [-0.25, -0.2) is 4.79 Å². The van der Waals surface area contributed by atoms with Crippen LogP contribution in [0.2, 0.25) is 0 Å². The molecular weight excluding hydrogens is 382 g/mol. The van der Waals surface area contributed by atoms with Crippen molar-refractivity contribution in [2.45, 2.75) is 13.3 Å². The van der Waals surface area contributed by atoms with Crippen molar-refractivity contribution in [3.63, 3.8) is 0 Å². The van der Waals surface area contributed by atoms with Crippen molar-refractivity contribution in [1.29, 1.82) is 0 Å². The molecule has 3 aromatic rings. The van der Waals surface area contributed by atoms with E-state index in [0.717, 1.165) is 5.75 Å². The molecule has 3 rings (SSSR count). The Morgan fingerprint density at radius 1 is 0.767 bits per heavy atom.